The second-order valence-electron chi connectivity index (χ2n) is 3.83. The summed E-state index contributed by atoms with van der Waals surface area (Å²) in [7, 11) is 0. The number of phenols is 1. The van der Waals surface area contributed by atoms with Crippen LogP contribution in [0.2, 0.25) is 0 Å². The van der Waals surface area contributed by atoms with Gasteiger partial charge in [0, 0.05) is 5.56 Å². The molecule has 3 nitrogen and oxygen atoms in total. The van der Waals surface area contributed by atoms with Crippen LogP contribution in [-0.2, 0) is 22.6 Å². The van der Waals surface area contributed by atoms with Gasteiger partial charge >= 0.3 is 0 Å². The van der Waals surface area contributed by atoms with Gasteiger partial charge in [0.15, 0.2) is 0 Å². The quantitative estimate of drug-likeness (QED) is 0.570. The molecule has 1 aromatic rings. The minimum Gasteiger partial charge on any atom is -0.508 e. The zero-order chi connectivity index (χ0) is 11.8. The van der Waals surface area contributed by atoms with Crippen LogP contribution in [0, 0.1) is 0 Å². The van der Waals surface area contributed by atoms with E-state index in [-0.39, 0.29) is 12.4 Å². The lowest BCUT2D eigenvalue weighted by atomic mass is 10.0. The molecule has 0 spiro atoms. The van der Waals surface area contributed by atoms with Gasteiger partial charge in [-0.1, -0.05) is 25.8 Å². The van der Waals surface area contributed by atoms with Crippen LogP contribution in [0.3, 0.4) is 0 Å². The molecule has 0 amide bonds. The highest BCUT2D eigenvalue weighted by Gasteiger charge is 2.03. The first-order chi connectivity index (χ1) is 7.77. The van der Waals surface area contributed by atoms with Gasteiger partial charge in [0.1, 0.15) is 12.4 Å². The zero-order valence-electron chi connectivity index (χ0n) is 9.61. The summed E-state index contributed by atoms with van der Waals surface area (Å²) in [5.74, 6) is 0.182. The van der Waals surface area contributed by atoms with Crippen molar-refractivity contribution in [3.05, 3.63) is 29.3 Å². The molecule has 0 heterocycles. The summed E-state index contributed by atoms with van der Waals surface area (Å²) < 4.78 is 4.64. The van der Waals surface area contributed by atoms with E-state index in [0.29, 0.717) is 12.0 Å². The molecular weight excluding hydrogens is 204 g/mol. The van der Waals surface area contributed by atoms with Crippen molar-refractivity contribution in [2.24, 2.45) is 0 Å². The zero-order valence-corrected chi connectivity index (χ0v) is 9.61. The van der Waals surface area contributed by atoms with Crippen LogP contribution in [0.5, 0.6) is 5.75 Å². The van der Waals surface area contributed by atoms with Crippen molar-refractivity contribution in [3.63, 3.8) is 0 Å². The Kier molecular flexibility index (Phi) is 5.40. The van der Waals surface area contributed by atoms with Crippen LogP contribution in [0.15, 0.2) is 18.2 Å². The third kappa shape index (κ3) is 3.93. The number of hydrogen-bond acceptors (Lipinski definition) is 3. The molecule has 1 N–H and O–H groups in total. The number of hydrogen-bond donors (Lipinski definition) is 1. The van der Waals surface area contributed by atoms with Gasteiger partial charge in [0.25, 0.3) is 6.47 Å². The van der Waals surface area contributed by atoms with Crippen molar-refractivity contribution >= 4 is 6.47 Å². The summed E-state index contributed by atoms with van der Waals surface area (Å²) in [6.45, 7) is 2.69. The number of carbonyl (C=O) groups is 1. The van der Waals surface area contributed by atoms with E-state index in [0.717, 1.165) is 12.8 Å². The molecule has 0 unspecified atom stereocenters. The average molecular weight is 222 g/mol. The van der Waals surface area contributed by atoms with Crippen molar-refractivity contribution in [1.82, 2.24) is 0 Å². The highest BCUT2D eigenvalue weighted by molar-refractivity contribution is 5.40. The van der Waals surface area contributed by atoms with Gasteiger partial charge in [-0.05, 0) is 30.5 Å². The summed E-state index contributed by atoms with van der Waals surface area (Å²) in [4.78, 5) is 10.1. The number of carbonyl (C=O) groups excluding carboxylic acids is 1. The monoisotopic (exact) mass is 222 g/mol. The normalized spacial score (nSPS) is 10.1. The van der Waals surface area contributed by atoms with E-state index in [1.807, 2.05) is 12.1 Å². The number of ether oxygens (including phenoxy) is 1. The fourth-order valence-electron chi connectivity index (χ4n) is 1.61. The minimum atomic E-state index is 0.136. The van der Waals surface area contributed by atoms with Gasteiger partial charge in [0.2, 0.25) is 0 Å². The van der Waals surface area contributed by atoms with Crippen molar-refractivity contribution in [3.8, 4) is 5.75 Å². The number of benzene rings is 1. The highest BCUT2D eigenvalue weighted by atomic mass is 16.5. The molecule has 0 saturated heterocycles. The number of aromatic hydroxyl groups is 1. The number of unbranched alkanes of at least 4 members (excludes halogenated alkanes) is 2. The van der Waals surface area contributed by atoms with Crippen LogP contribution >= 0.6 is 0 Å². The Bertz CT molecular complexity index is 334. The second kappa shape index (κ2) is 6.88. The molecule has 88 valence electrons. The first-order valence-corrected chi connectivity index (χ1v) is 5.64. The van der Waals surface area contributed by atoms with E-state index >= 15 is 0 Å². The lowest BCUT2D eigenvalue weighted by Gasteiger charge is -2.06. The van der Waals surface area contributed by atoms with Gasteiger partial charge in [-0.25, -0.2) is 0 Å². The molecule has 0 fully saturated rings. The Morgan fingerprint density at radius 2 is 2.19 bits per heavy atom. The van der Waals surface area contributed by atoms with E-state index in [1.165, 1.54) is 18.4 Å². The Morgan fingerprint density at radius 3 is 2.88 bits per heavy atom. The standard InChI is InChI=1S/C13H18O3/c1-2-3-4-5-11-6-7-13(15)12(8-11)9-16-10-14/h6-8,10,15H,2-5,9H2,1H3. The predicted octanol–water partition coefficient (Wildman–Crippen LogP) is 2.80. The van der Waals surface area contributed by atoms with Crippen LogP contribution < -0.4 is 0 Å². The lowest BCUT2D eigenvalue weighted by molar-refractivity contribution is -0.129. The second-order valence-corrected chi connectivity index (χ2v) is 3.83. The molecule has 0 atom stereocenters. The largest absolute Gasteiger partial charge is 0.508 e. The summed E-state index contributed by atoms with van der Waals surface area (Å²) in [5, 5.41) is 9.54. The molecule has 16 heavy (non-hydrogen) atoms. The predicted molar refractivity (Wildman–Crippen MR) is 62.2 cm³/mol. The number of phenolic OH excluding ortho intramolecular Hbond substituents is 1. The van der Waals surface area contributed by atoms with Gasteiger partial charge in [-0.15, -0.1) is 0 Å². The summed E-state index contributed by atoms with van der Waals surface area (Å²) in [6, 6.07) is 5.47. The third-order valence-electron chi connectivity index (χ3n) is 2.52. The molecule has 0 saturated carbocycles. The molecule has 1 aromatic carbocycles. The van der Waals surface area contributed by atoms with E-state index in [4.69, 9.17) is 0 Å². The van der Waals surface area contributed by atoms with Crippen molar-refractivity contribution < 1.29 is 14.6 Å². The van der Waals surface area contributed by atoms with Crippen molar-refractivity contribution in [2.75, 3.05) is 0 Å². The maximum absolute atomic E-state index is 10.1. The van der Waals surface area contributed by atoms with Crippen LogP contribution in [0.1, 0.15) is 37.3 Å². The number of rotatable bonds is 7. The molecule has 0 aliphatic carbocycles. The summed E-state index contributed by atoms with van der Waals surface area (Å²) in [5.41, 5.74) is 1.84. The topological polar surface area (TPSA) is 46.5 Å². The fourth-order valence-corrected chi connectivity index (χ4v) is 1.61. The van der Waals surface area contributed by atoms with Gasteiger partial charge in [-0.2, -0.15) is 0 Å². The maximum Gasteiger partial charge on any atom is 0.293 e. The first-order valence-electron chi connectivity index (χ1n) is 5.64. The Labute approximate surface area is 96.1 Å². The summed E-state index contributed by atoms with van der Waals surface area (Å²) in [6.07, 6.45) is 4.55. The fraction of sp³-hybridized carbons (Fsp3) is 0.462. The highest BCUT2D eigenvalue weighted by Crippen LogP contribution is 2.20. The van der Waals surface area contributed by atoms with Gasteiger partial charge in [0.05, 0.1) is 0 Å². The average Bonchev–Trinajstić information content (AvgIpc) is 2.30. The SMILES string of the molecule is CCCCCc1ccc(O)c(COC=O)c1. The molecule has 1 rings (SSSR count). The number of aryl methyl sites for hydroxylation is 1. The van der Waals surface area contributed by atoms with E-state index in [2.05, 4.69) is 11.7 Å². The van der Waals surface area contributed by atoms with Crippen LogP contribution in [0.25, 0.3) is 0 Å². The van der Waals surface area contributed by atoms with Crippen LogP contribution in [0.4, 0.5) is 0 Å². The Balaban J connectivity index is 2.61. The van der Waals surface area contributed by atoms with E-state index in [1.54, 1.807) is 6.07 Å². The summed E-state index contributed by atoms with van der Waals surface area (Å²) >= 11 is 0. The van der Waals surface area contributed by atoms with Gasteiger partial charge in [-0.3, -0.25) is 4.79 Å². The van der Waals surface area contributed by atoms with E-state index in [9.17, 15) is 9.90 Å². The van der Waals surface area contributed by atoms with E-state index < -0.39 is 0 Å². The molecule has 0 bridgehead atoms. The maximum atomic E-state index is 10.1. The third-order valence-corrected chi connectivity index (χ3v) is 2.52. The molecular formula is C13H18O3. The smallest absolute Gasteiger partial charge is 0.293 e. The van der Waals surface area contributed by atoms with Crippen LogP contribution in [-0.4, -0.2) is 11.6 Å². The molecule has 0 aliphatic heterocycles. The van der Waals surface area contributed by atoms with Crippen molar-refractivity contribution in [1.29, 1.82) is 0 Å². The molecule has 0 aromatic heterocycles. The molecule has 0 radical (unpaired) electrons. The first kappa shape index (κ1) is 12.6. The van der Waals surface area contributed by atoms with Gasteiger partial charge < -0.3 is 9.84 Å². The lowest BCUT2D eigenvalue weighted by Crippen LogP contribution is -1.93. The van der Waals surface area contributed by atoms with Crippen molar-refractivity contribution in [2.45, 2.75) is 39.2 Å². The Hall–Kier alpha value is -1.51. The molecule has 0 aliphatic rings. The minimum absolute atomic E-state index is 0.136. The molecule has 3 heteroatoms. The Morgan fingerprint density at radius 1 is 1.38 bits per heavy atom.